The van der Waals surface area contributed by atoms with Crippen molar-refractivity contribution < 1.29 is 24.2 Å². The third kappa shape index (κ3) is 3.39. The van der Waals surface area contributed by atoms with Gasteiger partial charge in [0.25, 0.3) is 5.91 Å². The number of carbonyl (C=O) groups is 3. The first kappa shape index (κ1) is 15.0. The molecular weight excluding hydrogens is 274 g/mol. The largest absolute Gasteiger partial charge is 0.478 e. The average Bonchev–Trinajstić information content (AvgIpc) is 2.53. The third-order valence-corrected chi connectivity index (χ3v) is 3.60. The number of ether oxygens (including phenoxy) is 1. The van der Waals surface area contributed by atoms with Gasteiger partial charge in [-0.1, -0.05) is 6.07 Å². The number of carboxylic acid groups (broad SMARTS) is 1. The molecule has 1 fully saturated rings. The summed E-state index contributed by atoms with van der Waals surface area (Å²) in [6, 6.07) is 5.91. The first-order chi connectivity index (χ1) is 10.0. The van der Waals surface area contributed by atoms with Gasteiger partial charge in [0, 0.05) is 18.7 Å². The van der Waals surface area contributed by atoms with E-state index < -0.39 is 5.97 Å². The van der Waals surface area contributed by atoms with Gasteiger partial charge in [-0.25, -0.2) is 4.79 Å². The molecule has 1 aliphatic rings. The molecule has 6 heteroatoms. The lowest BCUT2D eigenvalue weighted by Gasteiger charge is -2.31. The number of hydrogen-bond donors (Lipinski definition) is 1. The fraction of sp³-hybridized carbons (Fsp3) is 0.400. The number of carboxylic acids is 1. The first-order valence-corrected chi connectivity index (χ1v) is 6.73. The summed E-state index contributed by atoms with van der Waals surface area (Å²) in [6.45, 7) is 0.867. The van der Waals surface area contributed by atoms with Crippen LogP contribution in [0.4, 0.5) is 0 Å². The highest BCUT2D eigenvalue weighted by molar-refractivity contribution is 5.97. The van der Waals surface area contributed by atoms with Crippen molar-refractivity contribution in [2.24, 2.45) is 5.92 Å². The minimum atomic E-state index is -1.07. The molecule has 0 bridgehead atoms. The van der Waals surface area contributed by atoms with Crippen LogP contribution in [-0.2, 0) is 9.53 Å². The molecule has 1 amide bonds. The highest BCUT2D eigenvalue weighted by atomic mass is 16.5. The van der Waals surface area contributed by atoms with Crippen LogP contribution in [0.15, 0.2) is 24.3 Å². The maximum atomic E-state index is 12.4. The van der Waals surface area contributed by atoms with E-state index in [0.717, 1.165) is 6.42 Å². The van der Waals surface area contributed by atoms with Gasteiger partial charge in [-0.05, 0) is 31.0 Å². The van der Waals surface area contributed by atoms with Crippen LogP contribution in [0.2, 0.25) is 0 Å². The number of nitrogens with zero attached hydrogens (tertiary/aromatic N) is 1. The molecule has 0 aromatic heterocycles. The number of likely N-dealkylation sites (tertiary alicyclic amines) is 1. The summed E-state index contributed by atoms with van der Waals surface area (Å²) in [5.41, 5.74) is 0.391. The zero-order valence-electron chi connectivity index (χ0n) is 11.7. The molecule has 1 saturated heterocycles. The summed E-state index contributed by atoms with van der Waals surface area (Å²) in [6.07, 6.45) is 1.43. The number of piperidine rings is 1. The number of carbonyl (C=O) groups excluding carboxylic acids is 2. The van der Waals surface area contributed by atoms with E-state index in [4.69, 9.17) is 9.84 Å². The predicted octanol–water partition coefficient (Wildman–Crippen LogP) is 1.41. The van der Waals surface area contributed by atoms with Gasteiger partial charge in [0.05, 0.1) is 18.6 Å². The smallest absolute Gasteiger partial charge is 0.335 e. The van der Waals surface area contributed by atoms with Crippen molar-refractivity contribution in [1.29, 1.82) is 0 Å². The van der Waals surface area contributed by atoms with Crippen LogP contribution < -0.4 is 0 Å². The Balaban J connectivity index is 2.14. The quantitative estimate of drug-likeness (QED) is 0.851. The summed E-state index contributed by atoms with van der Waals surface area (Å²) in [5.74, 6) is -1.95. The first-order valence-electron chi connectivity index (χ1n) is 6.73. The second kappa shape index (κ2) is 6.39. The van der Waals surface area contributed by atoms with Gasteiger partial charge >= 0.3 is 11.9 Å². The Bertz CT molecular complexity index is 569. The summed E-state index contributed by atoms with van der Waals surface area (Å²) in [4.78, 5) is 36.5. The molecule has 21 heavy (non-hydrogen) atoms. The minimum absolute atomic E-state index is 0.0716. The normalized spacial score (nSPS) is 18.1. The third-order valence-electron chi connectivity index (χ3n) is 3.60. The topological polar surface area (TPSA) is 83.9 Å². The van der Waals surface area contributed by atoms with Crippen molar-refractivity contribution in [2.75, 3.05) is 20.2 Å². The molecule has 1 unspecified atom stereocenters. The van der Waals surface area contributed by atoms with Crippen molar-refractivity contribution in [2.45, 2.75) is 12.8 Å². The predicted molar refractivity (Wildman–Crippen MR) is 74.0 cm³/mol. The summed E-state index contributed by atoms with van der Waals surface area (Å²) < 4.78 is 4.72. The van der Waals surface area contributed by atoms with Gasteiger partial charge in [0.1, 0.15) is 0 Å². The van der Waals surface area contributed by atoms with Crippen molar-refractivity contribution >= 4 is 17.8 Å². The fourth-order valence-corrected chi connectivity index (χ4v) is 2.49. The van der Waals surface area contributed by atoms with Crippen molar-refractivity contribution in [1.82, 2.24) is 4.90 Å². The highest BCUT2D eigenvalue weighted by Crippen LogP contribution is 2.20. The Morgan fingerprint density at radius 1 is 1.29 bits per heavy atom. The van der Waals surface area contributed by atoms with E-state index in [9.17, 15) is 14.4 Å². The minimum Gasteiger partial charge on any atom is -0.478 e. The molecule has 6 nitrogen and oxygen atoms in total. The molecule has 1 atom stereocenters. The van der Waals surface area contributed by atoms with E-state index in [2.05, 4.69) is 0 Å². The standard InChI is InChI=1S/C15H17NO5/c1-21-15(20)12-6-3-7-16(9-12)13(17)10-4-2-5-11(8-10)14(18)19/h2,4-5,8,12H,3,6-7,9H2,1H3,(H,18,19). The number of hydrogen-bond acceptors (Lipinski definition) is 4. The molecule has 112 valence electrons. The second-order valence-electron chi connectivity index (χ2n) is 5.00. The average molecular weight is 291 g/mol. The monoisotopic (exact) mass is 291 g/mol. The molecule has 1 aromatic carbocycles. The molecular formula is C15H17NO5. The zero-order chi connectivity index (χ0) is 15.4. The molecule has 1 heterocycles. The van der Waals surface area contributed by atoms with Gasteiger partial charge in [0.15, 0.2) is 0 Å². The van der Waals surface area contributed by atoms with Crippen LogP contribution in [-0.4, -0.2) is 48.1 Å². The van der Waals surface area contributed by atoms with Crippen LogP contribution in [0.5, 0.6) is 0 Å². The van der Waals surface area contributed by atoms with Crippen LogP contribution in [0.3, 0.4) is 0 Å². The molecule has 1 aliphatic heterocycles. The molecule has 2 rings (SSSR count). The Kier molecular flexibility index (Phi) is 4.57. The van der Waals surface area contributed by atoms with Gasteiger partial charge in [-0.2, -0.15) is 0 Å². The number of amides is 1. The molecule has 1 N–H and O–H groups in total. The van der Waals surface area contributed by atoms with Crippen molar-refractivity contribution in [3.05, 3.63) is 35.4 Å². The Labute approximate surface area is 122 Å². The van der Waals surface area contributed by atoms with E-state index in [1.807, 2.05) is 0 Å². The van der Waals surface area contributed by atoms with E-state index in [1.54, 1.807) is 17.0 Å². The van der Waals surface area contributed by atoms with Gasteiger partial charge in [0.2, 0.25) is 0 Å². The van der Waals surface area contributed by atoms with Gasteiger partial charge in [-0.15, -0.1) is 0 Å². The Hall–Kier alpha value is -2.37. The van der Waals surface area contributed by atoms with E-state index in [1.165, 1.54) is 19.2 Å². The summed E-state index contributed by atoms with van der Waals surface area (Å²) in [5, 5.41) is 8.96. The van der Waals surface area contributed by atoms with Crippen LogP contribution >= 0.6 is 0 Å². The van der Waals surface area contributed by atoms with Crippen molar-refractivity contribution in [3.63, 3.8) is 0 Å². The Morgan fingerprint density at radius 2 is 2.00 bits per heavy atom. The number of aromatic carboxylic acids is 1. The lowest BCUT2D eigenvalue weighted by atomic mass is 9.97. The van der Waals surface area contributed by atoms with Crippen LogP contribution in [0.1, 0.15) is 33.6 Å². The summed E-state index contributed by atoms with van der Waals surface area (Å²) >= 11 is 0. The van der Waals surface area contributed by atoms with Crippen LogP contribution in [0.25, 0.3) is 0 Å². The molecule has 0 radical (unpaired) electrons. The number of benzene rings is 1. The molecule has 0 aliphatic carbocycles. The second-order valence-corrected chi connectivity index (χ2v) is 5.00. The van der Waals surface area contributed by atoms with Crippen LogP contribution in [0, 0.1) is 5.92 Å². The van der Waals surface area contributed by atoms with Gasteiger partial charge < -0.3 is 14.7 Å². The fourth-order valence-electron chi connectivity index (χ4n) is 2.49. The summed E-state index contributed by atoms with van der Waals surface area (Å²) in [7, 11) is 1.33. The lowest BCUT2D eigenvalue weighted by Crippen LogP contribution is -2.42. The maximum Gasteiger partial charge on any atom is 0.335 e. The van der Waals surface area contributed by atoms with E-state index in [-0.39, 0.29) is 23.4 Å². The number of esters is 1. The maximum absolute atomic E-state index is 12.4. The highest BCUT2D eigenvalue weighted by Gasteiger charge is 2.29. The van der Waals surface area contributed by atoms with E-state index >= 15 is 0 Å². The molecule has 0 spiro atoms. The molecule has 1 aromatic rings. The van der Waals surface area contributed by atoms with Crippen molar-refractivity contribution in [3.8, 4) is 0 Å². The Morgan fingerprint density at radius 3 is 2.67 bits per heavy atom. The van der Waals surface area contributed by atoms with Gasteiger partial charge in [-0.3, -0.25) is 9.59 Å². The zero-order valence-corrected chi connectivity index (χ0v) is 11.7. The number of methoxy groups -OCH3 is 1. The van der Waals surface area contributed by atoms with E-state index in [0.29, 0.717) is 25.1 Å². The lowest BCUT2D eigenvalue weighted by molar-refractivity contribution is -0.146. The SMILES string of the molecule is COC(=O)C1CCCN(C(=O)c2cccc(C(=O)O)c2)C1. The molecule has 0 saturated carbocycles. The number of rotatable bonds is 3.